The highest BCUT2D eigenvalue weighted by molar-refractivity contribution is 6.05. The molecule has 3 aromatic carbocycles. The van der Waals surface area contributed by atoms with Crippen molar-refractivity contribution in [2.24, 2.45) is 10.9 Å². The van der Waals surface area contributed by atoms with E-state index in [1.165, 1.54) is 6.07 Å². The van der Waals surface area contributed by atoms with Gasteiger partial charge in [0.2, 0.25) is 5.90 Å². The van der Waals surface area contributed by atoms with Crippen molar-refractivity contribution >= 4 is 33.7 Å². The monoisotopic (exact) mass is 509 g/mol. The summed E-state index contributed by atoms with van der Waals surface area (Å²) < 4.78 is 25.7. The van der Waals surface area contributed by atoms with Crippen molar-refractivity contribution in [1.82, 2.24) is 15.1 Å². The Morgan fingerprint density at radius 3 is 2.95 bits per heavy atom. The van der Waals surface area contributed by atoms with Gasteiger partial charge in [-0.3, -0.25) is 20.4 Å². The van der Waals surface area contributed by atoms with Crippen LogP contribution in [0.5, 0.6) is 0 Å². The molecule has 1 aliphatic rings. The minimum Gasteiger partial charge on any atom is -0.464 e. The predicted molar refractivity (Wildman–Crippen MR) is 147 cm³/mol. The van der Waals surface area contributed by atoms with Gasteiger partial charge in [0.25, 0.3) is 0 Å². The molecule has 0 amide bonds. The first-order chi connectivity index (χ1) is 18.6. The standard InChI is InChI=1S/C30H28FN5O2/c1-33-30(38-29(32)23-6-4-13-36(18-23)17-22-5-2-3-7-25(22)31)21-8-10-26-24(16-21)28(35-34-26)20-9-11-27-19(15-20)12-14-37-27/h2-3,5,7-12,14-16,23,32H,4,6,13,17-18H2,1H3,(H,34,35)/b32-29?,33-30-. The second kappa shape index (κ2) is 10.2. The number of ether oxygens (including phenoxy) is 1. The molecule has 38 heavy (non-hydrogen) atoms. The van der Waals surface area contributed by atoms with Crippen LogP contribution in [0.2, 0.25) is 0 Å². The lowest BCUT2D eigenvalue weighted by molar-refractivity contribution is 0.185. The van der Waals surface area contributed by atoms with E-state index in [1.807, 2.05) is 48.5 Å². The van der Waals surface area contributed by atoms with Crippen LogP contribution in [0.15, 0.2) is 82.4 Å². The summed E-state index contributed by atoms with van der Waals surface area (Å²) in [6, 6.07) is 20.7. The second-order valence-electron chi connectivity index (χ2n) is 9.67. The molecule has 5 aromatic rings. The van der Waals surface area contributed by atoms with Gasteiger partial charge in [0.15, 0.2) is 5.90 Å². The van der Waals surface area contributed by atoms with Crippen LogP contribution in [0.1, 0.15) is 24.0 Å². The molecule has 192 valence electrons. The van der Waals surface area contributed by atoms with Crippen molar-refractivity contribution in [3.63, 3.8) is 0 Å². The zero-order valence-electron chi connectivity index (χ0n) is 21.1. The molecular formula is C30H28FN5O2. The van der Waals surface area contributed by atoms with E-state index in [0.717, 1.165) is 58.1 Å². The number of nitrogens with zero attached hydrogens (tertiary/aromatic N) is 3. The fourth-order valence-corrected chi connectivity index (χ4v) is 5.18. The first kappa shape index (κ1) is 24.1. The topological polar surface area (TPSA) is 90.5 Å². The van der Waals surface area contributed by atoms with Gasteiger partial charge in [-0.25, -0.2) is 4.39 Å². The summed E-state index contributed by atoms with van der Waals surface area (Å²) in [4.78, 5) is 6.55. The third-order valence-corrected chi connectivity index (χ3v) is 7.17. The first-order valence-corrected chi connectivity index (χ1v) is 12.7. The molecule has 0 saturated carbocycles. The van der Waals surface area contributed by atoms with Crippen LogP contribution < -0.4 is 0 Å². The lowest BCUT2D eigenvalue weighted by atomic mass is 9.97. The van der Waals surface area contributed by atoms with Crippen molar-refractivity contribution in [3.8, 4) is 11.3 Å². The average molecular weight is 510 g/mol. The Morgan fingerprint density at radius 1 is 1.18 bits per heavy atom. The highest BCUT2D eigenvalue weighted by Crippen LogP contribution is 2.30. The van der Waals surface area contributed by atoms with Crippen LogP contribution in [0.4, 0.5) is 4.39 Å². The van der Waals surface area contributed by atoms with Crippen LogP contribution in [0, 0.1) is 17.1 Å². The van der Waals surface area contributed by atoms with E-state index in [2.05, 4.69) is 26.2 Å². The molecule has 0 radical (unpaired) electrons. The lowest BCUT2D eigenvalue weighted by Crippen LogP contribution is -2.39. The molecule has 1 aliphatic heterocycles. The fraction of sp³-hybridized carbons (Fsp3) is 0.233. The van der Waals surface area contributed by atoms with E-state index in [4.69, 9.17) is 14.6 Å². The lowest BCUT2D eigenvalue weighted by Gasteiger charge is -2.32. The Balaban J connectivity index is 1.20. The Labute approximate surface area is 219 Å². The molecule has 7 nitrogen and oxygen atoms in total. The maximum absolute atomic E-state index is 14.2. The predicted octanol–water partition coefficient (Wildman–Crippen LogP) is 6.40. The number of H-pyrrole nitrogens is 1. The van der Waals surface area contributed by atoms with E-state index >= 15 is 0 Å². The van der Waals surface area contributed by atoms with Crippen LogP contribution in [0.25, 0.3) is 33.1 Å². The van der Waals surface area contributed by atoms with Crippen molar-refractivity contribution in [1.29, 1.82) is 5.41 Å². The minimum atomic E-state index is -0.194. The van der Waals surface area contributed by atoms with Crippen LogP contribution in [-0.4, -0.2) is 47.0 Å². The fourth-order valence-electron chi connectivity index (χ4n) is 5.18. The molecule has 2 N–H and O–H groups in total. The Morgan fingerprint density at radius 2 is 2.08 bits per heavy atom. The number of likely N-dealkylation sites (tertiary alicyclic amines) is 1. The molecular weight excluding hydrogens is 481 g/mol. The van der Waals surface area contributed by atoms with E-state index in [1.54, 1.807) is 19.4 Å². The summed E-state index contributed by atoms with van der Waals surface area (Å²) in [6.07, 6.45) is 3.46. The number of piperidine rings is 1. The summed E-state index contributed by atoms with van der Waals surface area (Å²) in [5, 5.41) is 18.3. The molecule has 2 aromatic heterocycles. The third-order valence-electron chi connectivity index (χ3n) is 7.17. The Kier molecular flexibility index (Phi) is 6.47. The number of hydrogen-bond donors (Lipinski definition) is 2. The zero-order chi connectivity index (χ0) is 26.1. The molecule has 6 rings (SSSR count). The number of aliphatic imine (C=N–C) groups is 1. The summed E-state index contributed by atoms with van der Waals surface area (Å²) in [7, 11) is 1.67. The van der Waals surface area contributed by atoms with Gasteiger partial charge in [-0.05, 0) is 67.9 Å². The summed E-state index contributed by atoms with van der Waals surface area (Å²) in [6.45, 7) is 2.04. The second-order valence-corrected chi connectivity index (χ2v) is 9.67. The molecule has 3 heterocycles. The minimum absolute atomic E-state index is 0.0813. The average Bonchev–Trinajstić information content (AvgIpc) is 3.59. The normalized spacial score (nSPS) is 16.8. The first-order valence-electron chi connectivity index (χ1n) is 12.7. The number of nitrogens with one attached hydrogen (secondary N) is 2. The van der Waals surface area contributed by atoms with Crippen molar-refractivity contribution in [2.75, 3.05) is 20.1 Å². The number of aromatic amines is 1. The third kappa shape index (κ3) is 4.70. The number of rotatable bonds is 5. The van der Waals surface area contributed by atoms with E-state index in [0.29, 0.717) is 24.6 Å². The Hall–Kier alpha value is -4.30. The highest BCUT2D eigenvalue weighted by atomic mass is 19.1. The molecule has 1 saturated heterocycles. The van der Waals surface area contributed by atoms with Gasteiger partial charge in [-0.2, -0.15) is 5.10 Å². The highest BCUT2D eigenvalue weighted by Gasteiger charge is 2.26. The van der Waals surface area contributed by atoms with Crippen LogP contribution in [-0.2, 0) is 11.3 Å². The number of furan rings is 1. The number of benzene rings is 3. The van der Waals surface area contributed by atoms with Gasteiger partial charge >= 0.3 is 0 Å². The molecule has 8 heteroatoms. The molecule has 1 unspecified atom stereocenters. The smallest absolute Gasteiger partial charge is 0.223 e. The maximum Gasteiger partial charge on any atom is 0.223 e. The molecule has 1 fully saturated rings. The largest absolute Gasteiger partial charge is 0.464 e. The molecule has 0 spiro atoms. The zero-order valence-corrected chi connectivity index (χ0v) is 21.1. The molecule has 0 aliphatic carbocycles. The van der Waals surface area contributed by atoms with E-state index in [9.17, 15) is 4.39 Å². The van der Waals surface area contributed by atoms with Gasteiger partial charge in [-0.1, -0.05) is 18.2 Å². The van der Waals surface area contributed by atoms with E-state index < -0.39 is 0 Å². The summed E-state index contributed by atoms with van der Waals surface area (Å²) >= 11 is 0. The maximum atomic E-state index is 14.2. The summed E-state index contributed by atoms with van der Waals surface area (Å²) in [5.74, 6) is 0.296. The van der Waals surface area contributed by atoms with Crippen molar-refractivity contribution < 1.29 is 13.5 Å². The summed E-state index contributed by atoms with van der Waals surface area (Å²) in [5.41, 5.74) is 4.98. The van der Waals surface area contributed by atoms with Gasteiger partial charge in [0, 0.05) is 53.5 Å². The number of halogens is 1. The molecule has 1 atom stereocenters. The quantitative estimate of drug-likeness (QED) is 0.212. The van der Waals surface area contributed by atoms with Crippen molar-refractivity contribution in [2.45, 2.75) is 19.4 Å². The van der Waals surface area contributed by atoms with Gasteiger partial charge in [-0.15, -0.1) is 0 Å². The Bertz CT molecular complexity index is 1650. The number of hydrogen-bond acceptors (Lipinski definition) is 6. The van der Waals surface area contributed by atoms with Gasteiger partial charge in [0.05, 0.1) is 17.5 Å². The van der Waals surface area contributed by atoms with Crippen molar-refractivity contribution in [3.05, 3.63) is 89.9 Å². The van der Waals surface area contributed by atoms with Gasteiger partial charge < -0.3 is 9.15 Å². The molecule has 0 bridgehead atoms. The SMILES string of the molecule is C/N=C(\OC(=N)C1CCCN(Cc2ccccc2F)C1)c1ccc2[nH]nc(-c3ccc4occc4c3)c2c1. The van der Waals surface area contributed by atoms with Gasteiger partial charge in [0.1, 0.15) is 11.4 Å². The van der Waals surface area contributed by atoms with E-state index in [-0.39, 0.29) is 17.6 Å². The van der Waals surface area contributed by atoms with Crippen LogP contribution >= 0.6 is 0 Å². The number of aromatic nitrogens is 2. The van der Waals surface area contributed by atoms with Crippen LogP contribution in [0.3, 0.4) is 0 Å². The number of fused-ring (bicyclic) bond motifs is 2.